The quantitative estimate of drug-likeness (QED) is 0.591. The minimum atomic E-state index is -0.916. The van der Waals surface area contributed by atoms with Gasteiger partial charge in [0.25, 0.3) is 0 Å². The molecule has 0 N–H and O–H groups in total. The van der Waals surface area contributed by atoms with Crippen molar-refractivity contribution in [1.82, 2.24) is 4.90 Å². The number of benzene rings is 2. The van der Waals surface area contributed by atoms with Crippen molar-refractivity contribution in [3.8, 4) is 11.1 Å². The van der Waals surface area contributed by atoms with E-state index in [4.69, 9.17) is 4.74 Å². The van der Waals surface area contributed by atoms with Crippen LogP contribution in [0.3, 0.4) is 0 Å². The lowest BCUT2D eigenvalue weighted by molar-refractivity contribution is -0.160. The average Bonchev–Trinajstić information content (AvgIpc) is 3.20. The molecule has 0 unspecified atom stereocenters. The van der Waals surface area contributed by atoms with Crippen LogP contribution in [0.5, 0.6) is 0 Å². The molecule has 3 aliphatic rings. The predicted octanol–water partition coefficient (Wildman–Crippen LogP) is 3.86. The Morgan fingerprint density at radius 1 is 0.897 bits per heavy atom. The molecule has 2 fully saturated rings. The lowest BCUT2D eigenvalue weighted by atomic mass is 9.81. The lowest BCUT2D eigenvalue weighted by Gasteiger charge is -2.24. The summed E-state index contributed by atoms with van der Waals surface area (Å²) in [5.74, 6) is -1.49. The number of hydrogen-bond donors (Lipinski definition) is 0. The fraction of sp³-hybridized carbons (Fsp3) is 0.375. The van der Waals surface area contributed by atoms with Gasteiger partial charge in [-0.3, -0.25) is 14.5 Å². The molecule has 2 aromatic rings. The van der Waals surface area contributed by atoms with Crippen LogP contribution < -0.4 is 0 Å². The molecule has 2 aromatic carbocycles. The van der Waals surface area contributed by atoms with E-state index in [9.17, 15) is 14.4 Å². The topological polar surface area (TPSA) is 63.7 Å². The molecule has 29 heavy (non-hydrogen) atoms. The van der Waals surface area contributed by atoms with Gasteiger partial charge in [-0.25, -0.2) is 4.79 Å². The van der Waals surface area contributed by atoms with E-state index in [0.29, 0.717) is 0 Å². The zero-order valence-corrected chi connectivity index (χ0v) is 16.3. The van der Waals surface area contributed by atoms with Gasteiger partial charge in [0.1, 0.15) is 6.04 Å². The molecule has 0 radical (unpaired) electrons. The minimum Gasteiger partial charge on any atom is -0.451 e. The Bertz CT molecular complexity index is 944. The first kappa shape index (κ1) is 18.1. The summed E-state index contributed by atoms with van der Waals surface area (Å²) >= 11 is 0. The molecule has 5 nitrogen and oxygen atoms in total. The molecule has 3 atom stereocenters. The van der Waals surface area contributed by atoms with Crippen molar-refractivity contribution >= 4 is 17.8 Å². The third kappa shape index (κ3) is 2.71. The van der Waals surface area contributed by atoms with Gasteiger partial charge in [-0.2, -0.15) is 0 Å². The molecule has 2 aliphatic carbocycles. The summed E-state index contributed by atoms with van der Waals surface area (Å²) in [6, 6.07) is 14.8. The number of imide groups is 1. The van der Waals surface area contributed by atoms with Gasteiger partial charge in [0.05, 0.1) is 11.8 Å². The van der Waals surface area contributed by atoms with Crippen LogP contribution in [-0.2, 0) is 19.1 Å². The van der Waals surface area contributed by atoms with Gasteiger partial charge in [0.15, 0.2) is 6.10 Å². The Hall–Kier alpha value is -2.95. The Labute approximate surface area is 169 Å². The van der Waals surface area contributed by atoms with E-state index >= 15 is 0 Å². The number of amides is 2. The lowest BCUT2D eigenvalue weighted by Crippen LogP contribution is -2.44. The van der Waals surface area contributed by atoms with Crippen molar-refractivity contribution in [1.29, 1.82) is 0 Å². The fourth-order valence-electron chi connectivity index (χ4n) is 5.13. The van der Waals surface area contributed by atoms with E-state index in [1.807, 2.05) is 48.5 Å². The van der Waals surface area contributed by atoms with Crippen LogP contribution in [0.4, 0.5) is 0 Å². The summed E-state index contributed by atoms with van der Waals surface area (Å²) in [7, 11) is 0. The molecule has 148 valence electrons. The van der Waals surface area contributed by atoms with Crippen molar-refractivity contribution in [2.45, 2.75) is 44.8 Å². The number of carbonyl (C=O) groups excluding carboxylic acids is 3. The first-order valence-electron chi connectivity index (χ1n) is 10.3. The number of carbonyl (C=O) groups is 3. The first-order valence-corrected chi connectivity index (χ1v) is 10.3. The van der Waals surface area contributed by atoms with E-state index in [-0.39, 0.29) is 23.7 Å². The Kier molecular flexibility index (Phi) is 4.26. The van der Waals surface area contributed by atoms with Crippen LogP contribution in [0.15, 0.2) is 48.5 Å². The normalized spacial score (nSPS) is 24.1. The maximum absolute atomic E-state index is 13.0. The second-order valence-electron chi connectivity index (χ2n) is 8.21. The van der Waals surface area contributed by atoms with E-state index in [1.54, 1.807) is 6.92 Å². The average molecular weight is 389 g/mol. The van der Waals surface area contributed by atoms with Crippen molar-refractivity contribution in [2.24, 2.45) is 11.8 Å². The summed E-state index contributed by atoms with van der Waals surface area (Å²) in [4.78, 5) is 39.9. The van der Waals surface area contributed by atoms with E-state index in [0.717, 1.165) is 52.8 Å². The molecule has 5 heteroatoms. The SMILES string of the molecule is C[C@@H](C(=O)OC1c2ccccc2-c2ccccc21)N1C(=O)[C@H]2CCCC[C@@H]2C1=O. The van der Waals surface area contributed by atoms with Gasteiger partial charge in [-0.1, -0.05) is 61.4 Å². The monoisotopic (exact) mass is 389 g/mol. The first-order chi connectivity index (χ1) is 14.1. The number of ether oxygens (including phenoxy) is 1. The molecule has 0 aromatic heterocycles. The minimum absolute atomic E-state index is 0.212. The molecule has 5 rings (SSSR count). The van der Waals surface area contributed by atoms with Crippen molar-refractivity contribution < 1.29 is 19.1 Å². The summed E-state index contributed by atoms with van der Waals surface area (Å²) < 4.78 is 5.90. The van der Waals surface area contributed by atoms with E-state index in [1.165, 1.54) is 0 Å². The van der Waals surface area contributed by atoms with Crippen molar-refractivity contribution in [3.05, 3.63) is 59.7 Å². The van der Waals surface area contributed by atoms with Crippen LogP contribution in [-0.4, -0.2) is 28.7 Å². The largest absolute Gasteiger partial charge is 0.451 e. The number of rotatable bonds is 3. The number of hydrogen-bond acceptors (Lipinski definition) is 4. The maximum atomic E-state index is 13.0. The van der Waals surface area contributed by atoms with Crippen molar-refractivity contribution in [2.75, 3.05) is 0 Å². The smallest absolute Gasteiger partial charge is 0.330 e. The Morgan fingerprint density at radius 3 is 1.90 bits per heavy atom. The highest BCUT2D eigenvalue weighted by atomic mass is 16.5. The van der Waals surface area contributed by atoms with Gasteiger partial charge < -0.3 is 4.74 Å². The number of esters is 1. The molecular formula is C24H23NO4. The van der Waals surface area contributed by atoms with Crippen LogP contribution >= 0.6 is 0 Å². The number of nitrogens with zero attached hydrogens (tertiary/aromatic N) is 1. The summed E-state index contributed by atoms with van der Waals surface area (Å²) in [5, 5.41) is 0. The van der Waals surface area contributed by atoms with Crippen molar-refractivity contribution in [3.63, 3.8) is 0 Å². The third-order valence-electron chi connectivity index (χ3n) is 6.61. The third-order valence-corrected chi connectivity index (χ3v) is 6.61. The summed E-state index contributed by atoms with van der Waals surface area (Å²) in [6.45, 7) is 1.60. The molecule has 1 saturated heterocycles. The predicted molar refractivity (Wildman–Crippen MR) is 107 cm³/mol. The Morgan fingerprint density at radius 2 is 1.38 bits per heavy atom. The molecule has 0 bridgehead atoms. The van der Waals surface area contributed by atoms with Gasteiger partial charge in [0.2, 0.25) is 11.8 Å². The van der Waals surface area contributed by atoms with Crippen LogP contribution in [0.25, 0.3) is 11.1 Å². The second kappa shape index (κ2) is 6.83. The zero-order chi connectivity index (χ0) is 20.1. The maximum Gasteiger partial charge on any atom is 0.330 e. The van der Waals surface area contributed by atoms with E-state index < -0.39 is 18.1 Å². The second-order valence-corrected chi connectivity index (χ2v) is 8.21. The number of fused-ring (bicyclic) bond motifs is 4. The van der Waals surface area contributed by atoms with Crippen LogP contribution in [0.2, 0.25) is 0 Å². The van der Waals surface area contributed by atoms with Gasteiger partial charge in [-0.05, 0) is 30.9 Å². The van der Waals surface area contributed by atoms with Gasteiger partial charge in [0, 0.05) is 11.1 Å². The zero-order valence-electron chi connectivity index (χ0n) is 16.3. The molecule has 1 heterocycles. The van der Waals surface area contributed by atoms with E-state index in [2.05, 4.69) is 0 Å². The molecule has 1 aliphatic heterocycles. The highest BCUT2D eigenvalue weighted by molar-refractivity contribution is 6.07. The summed E-state index contributed by atoms with van der Waals surface area (Å²) in [6.07, 6.45) is 2.87. The molecule has 0 spiro atoms. The Balaban J connectivity index is 1.41. The molecule has 2 amide bonds. The highest BCUT2D eigenvalue weighted by Gasteiger charge is 2.51. The van der Waals surface area contributed by atoms with Gasteiger partial charge >= 0.3 is 5.97 Å². The molecular weight excluding hydrogens is 366 g/mol. The highest BCUT2D eigenvalue weighted by Crippen LogP contribution is 2.45. The summed E-state index contributed by atoms with van der Waals surface area (Å²) in [5.41, 5.74) is 3.96. The molecule has 1 saturated carbocycles. The van der Waals surface area contributed by atoms with Crippen LogP contribution in [0.1, 0.15) is 49.8 Å². The van der Waals surface area contributed by atoms with Gasteiger partial charge in [-0.15, -0.1) is 0 Å². The number of likely N-dealkylation sites (tertiary alicyclic amines) is 1. The standard InChI is InChI=1S/C24H23NO4/c1-14(25-22(26)19-12-6-7-13-20(19)23(25)27)24(28)29-21-17-10-4-2-8-15(17)16-9-3-5-11-18(16)21/h2-5,8-11,14,19-21H,6-7,12-13H2,1H3/t14-,19-,20-/m0/s1. The fourth-order valence-corrected chi connectivity index (χ4v) is 5.13. The van der Waals surface area contributed by atoms with Crippen LogP contribution in [0, 0.1) is 11.8 Å².